The van der Waals surface area contributed by atoms with Crippen LogP contribution in [0.5, 0.6) is 0 Å². The average molecular weight is 745 g/mol. The van der Waals surface area contributed by atoms with Crippen LogP contribution in [0.2, 0.25) is 0 Å². The number of unbranched alkanes of at least 4 members (excludes halogenated alkanes) is 12. The van der Waals surface area contributed by atoms with Gasteiger partial charge in [0, 0.05) is 18.7 Å². The molecule has 3 aromatic rings. The second-order valence-electron chi connectivity index (χ2n) is 14.7. The summed E-state index contributed by atoms with van der Waals surface area (Å²) in [5.74, 6) is 0.0575. The lowest BCUT2D eigenvalue weighted by atomic mass is 9.84. The summed E-state index contributed by atoms with van der Waals surface area (Å²) in [4.78, 5) is 38.2. The number of thioether (sulfide) groups is 1. The van der Waals surface area contributed by atoms with E-state index in [9.17, 15) is 14.4 Å². The first kappa shape index (κ1) is 43.6. The molecular formula is C45H64N2O5S. The van der Waals surface area contributed by atoms with Gasteiger partial charge in [0.1, 0.15) is 11.6 Å². The fourth-order valence-electron chi connectivity index (χ4n) is 6.52. The molecule has 53 heavy (non-hydrogen) atoms. The Bertz CT molecular complexity index is 1350. The number of alkyl carbamates (subject to hydrolysis) is 1. The molecule has 0 aliphatic rings. The number of esters is 1. The van der Waals surface area contributed by atoms with Crippen LogP contribution in [-0.2, 0) is 23.8 Å². The molecule has 3 aromatic carbocycles. The molecule has 290 valence electrons. The van der Waals surface area contributed by atoms with Crippen molar-refractivity contribution in [3.8, 4) is 0 Å². The molecule has 0 bridgehead atoms. The summed E-state index contributed by atoms with van der Waals surface area (Å²) in [5.41, 5.74) is 2.60. The molecule has 7 nitrogen and oxygen atoms in total. The number of carbonyl (C=O) groups excluding carboxylic acids is 3. The van der Waals surface area contributed by atoms with Crippen LogP contribution in [0.4, 0.5) is 4.79 Å². The molecular weight excluding hydrogens is 681 g/mol. The van der Waals surface area contributed by atoms with Gasteiger partial charge in [-0.05, 0) is 57.2 Å². The Balaban J connectivity index is 1.49. The van der Waals surface area contributed by atoms with E-state index in [0.717, 1.165) is 48.8 Å². The van der Waals surface area contributed by atoms with Crippen molar-refractivity contribution in [2.45, 2.75) is 134 Å². The van der Waals surface area contributed by atoms with E-state index in [1.54, 1.807) is 11.8 Å². The molecule has 0 radical (unpaired) electrons. The second kappa shape index (κ2) is 24.5. The molecule has 0 spiro atoms. The van der Waals surface area contributed by atoms with Crippen molar-refractivity contribution in [2.24, 2.45) is 0 Å². The normalized spacial score (nSPS) is 12.2. The van der Waals surface area contributed by atoms with E-state index in [-0.39, 0.29) is 11.9 Å². The molecule has 0 heterocycles. The highest BCUT2D eigenvalue weighted by Crippen LogP contribution is 2.48. The van der Waals surface area contributed by atoms with Gasteiger partial charge in [0.25, 0.3) is 0 Å². The fourth-order valence-corrected chi connectivity index (χ4v) is 8.08. The lowest BCUT2D eigenvalue weighted by Crippen LogP contribution is -2.50. The van der Waals surface area contributed by atoms with Gasteiger partial charge >= 0.3 is 12.1 Å². The van der Waals surface area contributed by atoms with Gasteiger partial charge in [0.2, 0.25) is 5.91 Å². The standard InChI is InChI=1S/C45H64N2O5S/c1-5-51-41(48)34-26-15-13-11-9-7-6-8-10-12-14-16-27-35-46-42(49)40(47-43(50)52-44(2,3)4)36-53-45(37-28-20-17-21-29-37,38-30-22-18-23-31-38)39-32-24-19-25-33-39/h17-25,28-33,40H,5-16,26-27,34-36H2,1-4H3,(H,46,49)(H,47,50). The Morgan fingerprint density at radius 1 is 0.623 bits per heavy atom. The van der Waals surface area contributed by atoms with Gasteiger partial charge in [-0.15, -0.1) is 11.8 Å². The van der Waals surface area contributed by atoms with E-state index in [1.165, 1.54) is 51.4 Å². The first-order valence-electron chi connectivity index (χ1n) is 19.9. The topological polar surface area (TPSA) is 93.7 Å². The minimum absolute atomic E-state index is 0.0717. The molecule has 0 aliphatic heterocycles. The Hall–Kier alpha value is -3.78. The minimum Gasteiger partial charge on any atom is -0.466 e. The predicted octanol–water partition coefficient (Wildman–Crippen LogP) is 10.7. The Kier molecular flexibility index (Phi) is 20.2. The van der Waals surface area contributed by atoms with Crippen molar-refractivity contribution in [3.63, 3.8) is 0 Å². The van der Waals surface area contributed by atoms with Crippen LogP contribution in [0, 0.1) is 0 Å². The van der Waals surface area contributed by atoms with Crippen LogP contribution in [-0.4, -0.2) is 48.5 Å². The van der Waals surface area contributed by atoms with Crippen LogP contribution in [0.1, 0.15) is 134 Å². The summed E-state index contributed by atoms with van der Waals surface area (Å²) >= 11 is 1.64. The number of ether oxygens (including phenoxy) is 2. The number of rotatable bonds is 25. The lowest BCUT2D eigenvalue weighted by Gasteiger charge is -2.36. The highest BCUT2D eigenvalue weighted by atomic mass is 32.2. The van der Waals surface area contributed by atoms with E-state index >= 15 is 0 Å². The summed E-state index contributed by atoms with van der Waals surface area (Å²) in [5, 5.41) is 6.02. The lowest BCUT2D eigenvalue weighted by molar-refractivity contribution is -0.143. The quantitative estimate of drug-likeness (QED) is 0.0510. The van der Waals surface area contributed by atoms with Gasteiger partial charge in [-0.2, -0.15) is 0 Å². The zero-order valence-corrected chi connectivity index (χ0v) is 33.5. The molecule has 8 heteroatoms. The maximum absolute atomic E-state index is 13.7. The first-order chi connectivity index (χ1) is 25.7. The van der Waals surface area contributed by atoms with E-state index in [1.807, 2.05) is 82.3 Å². The van der Waals surface area contributed by atoms with Crippen molar-refractivity contribution in [3.05, 3.63) is 108 Å². The summed E-state index contributed by atoms with van der Waals surface area (Å²) in [6.07, 6.45) is 15.1. The largest absolute Gasteiger partial charge is 0.466 e. The molecule has 2 N–H and O–H groups in total. The van der Waals surface area contributed by atoms with Gasteiger partial charge in [-0.25, -0.2) is 4.79 Å². The fraction of sp³-hybridized carbons (Fsp3) is 0.533. The maximum Gasteiger partial charge on any atom is 0.408 e. The third-order valence-electron chi connectivity index (χ3n) is 9.18. The predicted molar refractivity (Wildman–Crippen MR) is 219 cm³/mol. The zero-order chi connectivity index (χ0) is 38.2. The van der Waals surface area contributed by atoms with Crippen molar-refractivity contribution in [1.82, 2.24) is 10.6 Å². The number of hydrogen-bond acceptors (Lipinski definition) is 6. The van der Waals surface area contributed by atoms with Gasteiger partial charge in [0.15, 0.2) is 0 Å². The number of benzene rings is 3. The van der Waals surface area contributed by atoms with Gasteiger partial charge < -0.3 is 20.1 Å². The summed E-state index contributed by atoms with van der Waals surface area (Å²) in [6, 6.07) is 30.3. The molecule has 0 saturated carbocycles. The van der Waals surface area contributed by atoms with Gasteiger partial charge in [-0.3, -0.25) is 9.59 Å². The summed E-state index contributed by atoms with van der Waals surface area (Å²) in [6.45, 7) is 8.35. The third-order valence-corrected chi connectivity index (χ3v) is 10.8. The first-order valence-corrected chi connectivity index (χ1v) is 20.9. The van der Waals surface area contributed by atoms with E-state index < -0.39 is 22.5 Å². The van der Waals surface area contributed by atoms with Crippen LogP contribution in [0.25, 0.3) is 0 Å². The minimum atomic E-state index is -0.796. The Labute approximate surface area is 323 Å². The molecule has 0 saturated heterocycles. The molecule has 1 unspecified atom stereocenters. The average Bonchev–Trinajstić information content (AvgIpc) is 3.15. The maximum atomic E-state index is 13.7. The van der Waals surface area contributed by atoms with E-state index in [4.69, 9.17) is 9.47 Å². The smallest absolute Gasteiger partial charge is 0.408 e. The van der Waals surface area contributed by atoms with Crippen molar-refractivity contribution >= 4 is 29.7 Å². The molecule has 1 atom stereocenters. The van der Waals surface area contributed by atoms with Crippen LogP contribution < -0.4 is 10.6 Å². The zero-order valence-electron chi connectivity index (χ0n) is 32.7. The summed E-state index contributed by atoms with van der Waals surface area (Å²) in [7, 11) is 0. The number of nitrogens with one attached hydrogen (secondary N) is 2. The molecule has 2 amide bonds. The highest BCUT2D eigenvalue weighted by molar-refractivity contribution is 8.00. The number of carbonyl (C=O) groups is 3. The number of amides is 2. The van der Waals surface area contributed by atoms with E-state index in [0.29, 0.717) is 25.3 Å². The van der Waals surface area contributed by atoms with Crippen molar-refractivity contribution in [2.75, 3.05) is 18.9 Å². The van der Waals surface area contributed by atoms with Crippen molar-refractivity contribution < 1.29 is 23.9 Å². The third kappa shape index (κ3) is 16.4. The molecule has 0 fully saturated rings. The van der Waals surface area contributed by atoms with Crippen molar-refractivity contribution in [1.29, 1.82) is 0 Å². The second-order valence-corrected chi connectivity index (χ2v) is 16.0. The molecule has 0 aliphatic carbocycles. The Morgan fingerprint density at radius 3 is 1.45 bits per heavy atom. The number of hydrogen-bond donors (Lipinski definition) is 2. The van der Waals surface area contributed by atoms with Crippen LogP contribution in [0.3, 0.4) is 0 Å². The molecule has 3 rings (SSSR count). The van der Waals surface area contributed by atoms with E-state index in [2.05, 4.69) is 47.0 Å². The van der Waals surface area contributed by atoms with Crippen LogP contribution >= 0.6 is 11.8 Å². The monoisotopic (exact) mass is 744 g/mol. The van der Waals surface area contributed by atoms with Gasteiger partial charge in [0.05, 0.1) is 11.4 Å². The summed E-state index contributed by atoms with van der Waals surface area (Å²) < 4.78 is 9.96. The molecule has 0 aromatic heterocycles. The van der Waals surface area contributed by atoms with Gasteiger partial charge in [-0.1, -0.05) is 162 Å². The SMILES string of the molecule is CCOC(=O)CCCCCCCCCCCCCCCNC(=O)C(CSC(c1ccccc1)(c1ccccc1)c1ccccc1)NC(=O)OC(C)(C)C. The van der Waals surface area contributed by atoms with Crippen LogP contribution in [0.15, 0.2) is 91.0 Å². The Morgan fingerprint density at radius 2 is 1.04 bits per heavy atom. The highest BCUT2D eigenvalue weighted by Gasteiger charge is 2.38.